The number of hydrogen-bond acceptors (Lipinski definition) is 4. The maximum absolute atomic E-state index is 12.4. The molecule has 0 atom stereocenters. The lowest BCUT2D eigenvalue weighted by Crippen LogP contribution is -2.06. The fourth-order valence-corrected chi connectivity index (χ4v) is 1.50. The molecule has 0 bridgehead atoms. The molecule has 1 aromatic heterocycles. The Morgan fingerprint density at radius 1 is 1.16 bits per heavy atom. The van der Waals surface area contributed by atoms with Crippen LogP contribution in [-0.4, -0.2) is 15.1 Å². The fourth-order valence-electron chi connectivity index (χ4n) is 1.50. The number of benzene rings is 1. The van der Waals surface area contributed by atoms with Crippen LogP contribution in [0.5, 0.6) is 5.75 Å². The number of hydrogen-bond donors (Lipinski definition) is 2. The lowest BCUT2D eigenvalue weighted by Gasteiger charge is -2.08. The third-order valence-corrected chi connectivity index (χ3v) is 2.52. The van der Waals surface area contributed by atoms with Crippen molar-refractivity contribution in [2.45, 2.75) is 12.7 Å². The van der Waals surface area contributed by atoms with E-state index >= 15 is 0 Å². The summed E-state index contributed by atoms with van der Waals surface area (Å²) in [5, 5.41) is 9.67. The minimum atomic E-state index is -4.49. The van der Waals surface area contributed by atoms with Gasteiger partial charge in [0.15, 0.2) is 5.82 Å². The minimum Gasteiger partial charge on any atom is -0.507 e. The molecule has 0 saturated heterocycles. The van der Waals surface area contributed by atoms with Crippen molar-refractivity contribution in [1.29, 1.82) is 0 Å². The van der Waals surface area contributed by atoms with Crippen LogP contribution in [0.1, 0.15) is 11.1 Å². The normalized spacial score (nSPS) is 11.6. The van der Waals surface area contributed by atoms with Crippen molar-refractivity contribution in [2.24, 2.45) is 5.73 Å². The Balaban J connectivity index is 2.42. The highest BCUT2D eigenvalue weighted by Gasteiger charge is 2.31. The van der Waals surface area contributed by atoms with Crippen molar-refractivity contribution < 1.29 is 18.3 Å². The maximum atomic E-state index is 12.4. The predicted octanol–water partition coefficient (Wildman–Crippen LogP) is 2.33. The van der Waals surface area contributed by atoms with Gasteiger partial charge in [-0.3, -0.25) is 0 Å². The monoisotopic (exact) mass is 269 g/mol. The van der Waals surface area contributed by atoms with Crippen LogP contribution in [0.3, 0.4) is 0 Å². The second kappa shape index (κ2) is 4.85. The second-order valence-corrected chi connectivity index (χ2v) is 3.85. The van der Waals surface area contributed by atoms with Crippen LogP contribution in [0.2, 0.25) is 0 Å². The lowest BCUT2D eigenvalue weighted by atomic mass is 10.1. The Hall–Kier alpha value is -2.15. The predicted molar refractivity (Wildman–Crippen MR) is 62.0 cm³/mol. The van der Waals surface area contributed by atoms with E-state index in [1.54, 1.807) is 6.07 Å². The van der Waals surface area contributed by atoms with E-state index in [0.717, 1.165) is 5.56 Å². The number of aromatic hydroxyl groups is 1. The molecule has 0 radical (unpaired) electrons. The number of phenolic OH excluding ortho intramolecular Hbond substituents is 1. The van der Waals surface area contributed by atoms with Crippen LogP contribution < -0.4 is 5.73 Å². The molecular weight excluding hydrogens is 259 g/mol. The van der Waals surface area contributed by atoms with Gasteiger partial charge in [-0.2, -0.15) is 13.2 Å². The highest BCUT2D eigenvalue weighted by Crippen LogP contribution is 2.31. The van der Waals surface area contributed by atoms with Crippen molar-refractivity contribution in [3.63, 3.8) is 0 Å². The van der Waals surface area contributed by atoms with Gasteiger partial charge < -0.3 is 10.8 Å². The van der Waals surface area contributed by atoms with Crippen molar-refractivity contribution in [3.05, 3.63) is 41.7 Å². The zero-order valence-corrected chi connectivity index (χ0v) is 9.65. The Morgan fingerprint density at radius 3 is 2.32 bits per heavy atom. The van der Waals surface area contributed by atoms with Crippen molar-refractivity contribution in [3.8, 4) is 17.1 Å². The van der Waals surface area contributed by atoms with Crippen LogP contribution >= 0.6 is 0 Å². The number of nitrogens with zero attached hydrogens (tertiary/aromatic N) is 2. The maximum Gasteiger partial charge on any atom is 0.419 e. The summed E-state index contributed by atoms with van der Waals surface area (Å²) in [4.78, 5) is 7.24. The zero-order valence-electron chi connectivity index (χ0n) is 9.65. The number of phenols is 1. The molecule has 3 N–H and O–H groups in total. The summed E-state index contributed by atoms with van der Waals surface area (Å²) in [7, 11) is 0. The SMILES string of the molecule is NCc1ccc(O)c(-c2ncc(C(F)(F)F)cn2)c1. The molecule has 19 heavy (non-hydrogen) atoms. The molecule has 0 saturated carbocycles. The fraction of sp³-hybridized carbons (Fsp3) is 0.167. The number of alkyl halides is 3. The third kappa shape index (κ3) is 2.82. The van der Waals surface area contributed by atoms with Gasteiger partial charge in [-0.15, -0.1) is 0 Å². The molecule has 0 aliphatic carbocycles. The molecular formula is C12H10F3N3O. The standard InChI is InChI=1S/C12H10F3N3O/c13-12(14,15)8-5-17-11(18-6-8)9-3-7(4-16)1-2-10(9)19/h1-3,5-6,19H,4,16H2. The van der Waals surface area contributed by atoms with Crippen LogP contribution in [0.15, 0.2) is 30.6 Å². The van der Waals surface area contributed by atoms with E-state index in [0.29, 0.717) is 12.4 Å². The van der Waals surface area contributed by atoms with E-state index < -0.39 is 11.7 Å². The molecule has 0 aliphatic rings. The first-order valence-electron chi connectivity index (χ1n) is 5.33. The lowest BCUT2D eigenvalue weighted by molar-refractivity contribution is -0.138. The van der Waals surface area contributed by atoms with Gasteiger partial charge >= 0.3 is 6.18 Å². The molecule has 0 spiro atoms. The summed E-state index contributed by atoms with van der Waals surface area (Å²) in [5.74, 6) is -0.0993. The molecule has 4 nitrogen and oxygen atoms in total. The summed E-state index contributed by atoms with van der Waals surface area (Å²) in [6, 6.07) is 4.55. The highest BCUT2D eigenvalue weighted by atomic mass is 19.4. The van der Waals surface area contributed by atoms with Crippen LogP contribution in [-0.2, 0) is 12.7 Å². The van der Waals surface area contributed by atoms with Crippen LogP contribution in [0.25, 0.3) is 11.4 Å². The van der Waals surface area contributed by atoms with Crippen LogP contribution in [0.4, 0.5) is 13.2 Å². The molecule has 1 aromatic carbocycles. The Kier molecular flexibility index (Phi) is 3.39. The summed E-state index contributed by atoms with van der Waals surface area (Å²) >= 11 is 0. The molecule has 2 aromatic rings. The molecule has 0 aliphatic heterocycles. The average Bonchev–Trinajstić information content (AvgIpc) is 2.38. The van der Waals surface area contributed by atoms with Gasteiger partial charge in [-0.1, -0.05) is 6.07 Å². The molecule has 1 heterocycles. The van der Waals surface area contributed by atoms with Gasteiger partial charge in [0.1, 0.15) is 5.75 Å². The Bertz CT molecular complexity index is 582. The smallest absolute Gasteiger partial charge is 0.419 e. The topological polar surface area (TPSA) is 72.0 Å². The number of rotatable bonds is 2. The summed E-state index contributed by atoms with van der Waals surface area (Å²) in [6.07, 6.45) is -3.13. The van der Waals surface area contributed by atoms with E-state index in [1.807, 2.05) is 0 Å². The highest BCUT2D eigenvalue weighted by molar-refractivity contribution is 5.64. The third-order valence-electron chi connectivity index (χ3n) is 2.52. The molecule has 2 rings (SSSR count). The summed E-state index contributed by atoms with van der Waals surface area (Å²) in [5.41, 5.74) is 5.48. The van der Waals surface area contributed by atoms with Gasteiger partial charge in [0, 0.05) is 18.9 Å². The number of aromatic nitrogens is 2. The molecule has 100 valence electrons. The average molecular weight is 269 g/mol. The van der Waals surface area contributed by atoms with Gasteiger partial charge in [0.2, 0.25) is 0 Å². The van der Waals surface area contributed by atoms with Gasteiger partial charge in [-0.25, -0.2) is 9.97 Å². The number of halogens is 3. The van der Waals surface area contributed by atoms with Crippen molar-refractivity contribution >= 4 is 0 Å². The van der Waals surface area contributed by atoms with E-state index in [1.165, 1.54) is 12.1 Å². The van der Waals surface area contributed by atoms with Crippen molar-refractivity contribution in [1.82, 2.24) is 9.97 Å². The number of nitrogens with two attached hydrogens (primary N) is 1. The second-order valence-electron chi connectivity index (χ2n) is 3.85. The first kappa shape index (κ1) is 13.3. The largest absolute Gasteiger partial charge is 0.507 e. The van der Waals surface area contributed by atoms with E-state index in [9.17, 15) is 18.3 Å². The minimum absolute atomic E-state index is 0.0146. The molecule has 0 amide bonds. The van der Waals surface area contributed by atoms with Gasteiger partial charge in [0.25, 0.3) is 0 Å². The molecule has 0 unspecified atom stereocenters. The summed E-state index contributed by atoms with van der Waals surface area (Å²) < 4.78 is 37.1. The summed E-state index contributed by atoms with van der Waals surface area (Å²) in [6.45, 7) is 0.244. The first-order chi connectivity index (χ1) is 8.91. The zero-order chi connectivity index (χ0) is 14.0. The van der Waals surface area contributed by atoms with E-state index in [-0.39, 0.29) is 23.7 Å². The molecule has 7 heteroatoms. The van der Waals surface area contributed by atoms with Gasteiger partial charge in [-0.05, 0) is 17.7 Å². The van der Waals surface area contributed by atoms with E-state index in [4.69, 9.17) is 5.73 Å². The van der Waals surface area contributed by atoms with Crippen LogP contribution in [0, 0.1) is 0 Å². The Labute approximate surface area is 106 Å². The van der Waals surface area contributed by atoms with Crippen molar-refractivity contribution in [2.75, 3.05) is 0 Å². The Morgan fingerprint density at radius 2 is 1.79 bits per heavy atom. The quantitative estimate of drug-likeness (QED) is 0.877. The molecule has 0 fully saturated rings. The van der Waals surface area contributed by atoms with E-state index in [2.05, 4.69) is 9.97 Å². The first-order valence-corrected chi connectivity index (χ1v) is 5.33. The van der Waals surface area contributed by atoms with Gasteiger partial charge in [0.05, 0.1) is 11.1 Å².